The lowest BCUT2D eigenvalue weighted by Crippen LogP contribution is -2.19. The molecule has 1 unspecified atom stereocenters. The molecule has 0 saturated carbocycles. The lowest BCUT2D eigenvalue weighted by molar-refractivity contribution is -0.143. The average Bonchev–Trinajstić information content (AvgIpc) is 2.25. The standard InChI is InChI=1S/C6H9NO5.C4H6O4/c1-3(8)7-4(6(11)12)2-5(9)10;5-3(6)1-2-4(7)8/h3,8H,2H2,1H3,(H,9,10)(H,11,12);1-2H2,(H,5,6)(H,7,8). The van der Waals surface area contributed by atoms with Gasteiger partial charge in [-0.1, -0.05) is 0 Å². The summed E-state index contributed by atoms with van der Waals surface area (Å²) in [6, 6.07) is 0. The molecule has 0 bridgehead atoms. The highest BCUT2D eigenvalue weighted by molar-refractivity contribution is 6.38. The predicted octanol–water partition coefficient (Wildman–Crippen LogP) is -0.739. The first kappa shape index (κ1) is 19.8. The molecule has 10 nitrogen and oxygen atoms in total. The zero-order valence-corrected chi connectivity index (χ0v) is 10.5. The molecule has 20 heavy (non-hydrogen) atoms. The average molecular weight is 293 g/mol. The van der Waals surface area contributed by atoms with Crippen LogP contribution in [0.1, 0.15) is 26.2 Å². The van der Waals surface area contributed by atoms with Gasteiger partial charge < -0.3 is 25.5 Å². The van der Waals surface area contributed by atoms with Gasteiger partial charge in [0.25, 0.3) is 0 Å². The smallest absolute Gasteiger partial charge is 0.350 e. The van der Waals surface area contributed by atoms with E-state index in [9.17, 15) is 19.2 Å². The Morgan fingerprint density at radius 1 is 0.900 bits per heavy atom. The van der Waals surface area contributed by atoms with E-state index in [1.165, 1.54) is 6.92 Å². The summed E-state index contributed by atoms with van der Waals surface area (Å²) in [6.45, 7) is 1.24. The molecule has 10 heteroatoms. The van der Waals surface area contributed by atoms with E-state index in [2.05, 4.69) is 4.99 Å². The van der Waals surface area contributed by atoms with E-state index < -0.39 is 42.2 Å². The lowest BCUT2D eigenvalue weighted by Gasteiger charge is -1.99. The number of aliphatic hydroxyl groups is 1. The van der Waals surface area contributed by atoms with Crippen LogP contribution in [0.5, 0.6) is 0 Å². The number of rotatable bonds is 7. The van der Waals surface area contributed by atoms with Crippen molar-refractivity contribution in [3.63, 3.8) is 0 Å². The van der Waals surface area contributed by atoms with Crippen molar-refractivity contribution in [2.45, 2.75) is 32.4 Å². The quantitative estimate of drug-likeness (QED) is 0.377. The molecule has 1 atom stereocenters. The Kier molecular flexibility index (Phi) is 10.4. The number of carbonyl (C=O) groups is 4. The number of carboxylic acid groups (broad SMARTS) is 4. The topological polar surface area (TPSA) is 182 Å². The number of carboxylic acids is 4. The van der Waals surface area contributed by atoms with Crippen molar-refractivity contribution < 1.29 is 44.7 Å². The fraction of sp³-hybridized carbons (Fsp3) is 0.500. The van der Waals surface area contributed by atoms with Gasteiger partial charge in [-0.3, -0.25) is 19.4 Å². The Balaban J connectivity index is 0. The van der Waals surface area contributed by atoms with Crippen LogP contribution in [0.4, 0.5) is 0 Å². The Labute approximate surface area is 113 Å². The highest BCUT2D eigenvalue weighted by atomic mass is 16.4. The van der Waals surface area contributed by atoms with E-state index in [1.807, 2.05) is 0 Å². The second-order valence-corrected chi connectivity index (χ2v) is 3.37. The molecule has 0 aliphatic carbocycles. The molecule has 0 aromatic carbocycles. The number of hydrogen-bond donors (Lipinski definition) is 5. The van der Waals surface area contributed by atoms with Gasteiger partial charge in [0.15, 0.2) is 0 Å². The molecule has 0 heterocycles. The molecule has 0 aromatic rings. The Morgan fingerprint density at radius 3 is 1.50 bits per heavy atom. The van der Waals surface area contributed by atoms with Crippen molar-refractivity contribution in [3.05, 3.63) is 0 Å². The number of hydrogen-bond acceptors (Lipinski definition) is 6. The SMILES string of the molecule is CC(O)N=C(CC(=O)O)C(=O)O.O=C(O)CCC(=O)O. The highest BCUT2D eigenvalue weighted by Gasteiger charge is 2.14. The Hall–Kier alpha value is -2.49. The van der Waals surface area contributed by atoms with E-state index in [0.29, 0.717) is 0 Å². The summed E-state index contributed by atoms with van der Waals surface area (Å²) in [7, 11) is 0. The molecular formula is C10H15NO9. The van der Waals surface area contributed by atoms with Gasteiger partial charge >= 0.3 is 23.9 Å². The van der Waals surface area contributed by atoms with Gasteiger partial charge in [-0.05, 0) is 6.92 Å². The van der Waals surface area contributed by atoms with E-state index >= 15 is 0 Å². The predicted molar refractivity (Wildman–Crippen MR) is 63.5 cm³/mol. The minimum absolute atomic E-state index is 0.296. The zero-order chi connectivity index (χ0) is 16.3. The molecule has 0 fully saturated rings. The maximum Gasteiger partial charge on any atom is 0.350 e. The minimum atomic E-state index is -1.43. The van der Waals surface area contributed by atoms with Crippen LogP contribution in [0, 0.1) is 0 Å². The summed E-state index contributed by atoms with van der Waals surface area (Å²) < 4.78 is 0. The largest absolute Gasteiger partial charge is 0.481 e. The van der Waals surface area contributed by atoms with Crippen LogP contribution in [0.15, 0.2) is 4.99 Å². The van der Waals surface area contributed by atoms with Crippen molar-refractivity contribution in [1.82, 2.24) is 0 Å². The number of nitrogens with zero attached hydrogens (tertiary/aromatic N) is 1. The first-order chi connectivity index (χ1) is 9.06. The van der Waals surface area contributed by atoms with Gasteiger partial charge in [-0.2, -0.15) is 0 Å². The third-order valence-corrected chi connectivity index (χ3v) is 1.46. The first-order valence-electron chi connectivity index (χ1n) is 5.19. The van der Waals surface area contributed by atoms with Gasteiger partial charge in [-0.15, -0.1) is 0 Å². The number of aliphatic carboxylic acids is 4. The van der Waals surface area contributed by atoms with Crippen LogP contribution in [0.3, 0.4) is 0 Å². The summed E-state index contributed by atoms with van der Waals surface area (Å²) in [5.41, 5.74) is -0.558. The number of aliphatic imine (C=N–C) groups is 1. The third-order valence-electron chi connectivity index (χ3n) is 1.46. The van der Waals surface area contributed by atoms with Gasteiger partial charge in [0, 0.05) is 0 Å². The van der Waals surface area contributed by atoms with Crippen LogP contribution in [-0.2, 0) is 19.2 Å². The molecule has 0 saturated heterocycles. The zero-order valence-electron chi connectivity index (χ0n) is 10.5. The van der Waals surface area contributed by atoms with Gasteiger partial charge in [0.05, 0.1) is 19.3 Å². The highest BCUT2D eigenvalue weighted by Crippen LogP contribution is 1.92. The fourth-order valence-corrected chi connectivity index (χ4v) is 0.759. The second-order valence-electron chi connectivity index (χ2n) is 3.37. The monoisotopic (exact) mass is 293 g/mol. The van der Waals surface area contributed by atoms with Crippen LogP contribution in [0.2, 0.25) is 0 Å². The summed E-state index contributed by atoms with van der Waals surface area (Å²) in [5.74, 6) is -4.88. The van der Waals surface area contributed by atoms with Gasteiger partial charge in [0.1, 0.15) is 11.9 Å². The molecule has 0 rings (SSSR count). The van der Waals surface area contributed by atoms with Crippen molar-refractivity contribution in [2.24, 2.45) is 4.99 Å². The Bertz CT molecular complexity index is 386. The third kappa shape index (κ3) is 15.5. The maximum absolute atomic E-state index is 10.3. The molecule has 0 aliphatic heterocycles. The maximum atomic E-state index is 10.3. The summed E-state index contributed by atoms with van der Waals surface area (Å²) in [5, 5.41) is 41.0. The van der Waals surface area contributed by atoms with Crippen molar-refractivity contribution >= 4 is 29.6 Å². The van der Waals surface area contributed by atoms with Crippen molar-refractivity contribution in [1.29, 1.82) is 0 Å². The second kappa shape index (κ2) is 10.4. The molecule has 0 radical (unpaired) electrons. The van der Waals surface area contributed by atoms with Crippen LogP contribution < -0.4 is 0 Å². The fourth-order valence-electron chi connectivity index (χ4n) is 0.759. The van der Waals surface area contributed by atoms with Crippen LogP contribution in [-0.4, -0.2) is 61.3 Å². The van der Waals surface area contributed by atoms with Gasteiger partial charge in [-0.25, -0.2) is 4.79 Å². The molecular weight excluding hydrogens is 278 g/mol. The summed E-state index contributed by atoms with van der Waals surface area (Å²) in [4.78, 5) is 42.8. The first-order valence-corrected chi connectivity index (χ1v) is 5.19. The summed E-state index contributed by atoms with van der Waals surface area (Å²) >= 11 is 0. The molecule has 0 amide bonds. The van der Waals surface area contributed by atoms with Gasteiger partial charge in [0.2, 0.25) is 0 Å². The molecule has 0 aliphatic rings. The normalized spacial score (nSPS) is 11.8. The molecule has 5 N–H and O–H groups in total. The van der Waals surface area contributed by atoms with E-state index in [-0.39, 0.29) is 12.8 Å². The number of aliphatic hydroxyl groups excluding tert-OH is 1. The lowest BCUT2D eigenvalue weighted by atomic mass is 10.3. The molecule has 114 valence electrons. The van der Waals surface area contributed by atoms with E-state index in [4.69, 9.17) is 25.5 Å². The summed E-state index contributed by atoms with van der Waals surface area (Å²) in [6.07, 6.45) is -2.49. The Morgan fingerprint density at radius 2 is 1.30 bits per heavy atom. The molecule has 0 spiro atoms. The van der Waals surface area contributed by atoms with E-state index in [1.54, 1.807) is 0 Å². The van der Waals surface area contributed by atoms with Crippen LogP contribution >= 0.6 is 0 Å². The van der Waals surface area contributed by atoms with E-state index in [0.717, 1.165) is 0 Å². The minimum Gasteiger partial charge on any atom is -0.481 e. The van der Waals surface area contributed by atoms with Crippen LogP contribution in [0.25, 0.3) is 0 Å². The van der Waals surface area contributed by atoms with Crippen molar-refractivity contribution in [3.8, 4) is 0 Å². The van der Waals surface area contributed by atoms with Crippen molar-refractivity contribution in [2.75, 3.05) is 0 Å². The molecule has 0 aromatic heterocycles.